The van der Waals surface area contributed by atoms with Gasteiger partial charge < -0.3 is 9.84 Å². The lowest BCUT2D eigenvalue weighted by molar-refractivity contribution is -0.132. The summed E-state index contributed by atoms with van der Waals surface area (Å²) in [7, 11) is 1.56. The Morgan fingerprint density at radius 1 is 1.14 bits per heavy atom. The Kier molecular flexibility index (Phi) is 6.38. The van der Waals surface area contributed by atoms with E-state index in [1.165, 1.54) is 23.2 Å². The molecule has 6 nitrogen and oxygen atoms in total. The van der Waals surface area contributed by atoms with Gasteiger partial charge >= 0.3 is 0 Å². The van der Waals surface area contributed by atoms with Crippen molar-refractivity contribution in [3.05, 3.63) is 94.0 Å². The number of aliphatic hydroxyl groups excluding tert-OH is 1. The van der Waals surface area contributed by atoms with E-state index in [4.69, 9.17) is 16.3 Å². The van der Waals surface area contributed by atoms with E-state index in [-0.39, 0.29) is 27.5 Å². The van der Waals surface area contributed by atoms with Crippen molar-refractivity contribution in [2.75, 3.05) is 12.0 Å². The number of benzene rings is 2. The molecule has 1 N–H and O–H groups in total. The highest BCUT2D eigenvalue weighted by atomic mass is 35.5. The standard InChI is InChI=1S/C27H24ClFN2O4/c1-27(2,3)18-12-15(7-10-21(18)35-4)24(32)22-23(16-6-5-11-30-14-16)31(26(34)25(22)33)17-8-9-20(29)19(28)13-17/h5-14,23,32H,1-4H3/b24-22-. The first-order valence-electron chi connectivity index (χ1n) is 10.9. The van der Waals surface area contributed by atoms with Gasteiger partial charge in [0, 0.05) is 29.2 Å². The number of hydrogen-bond donors (Lipinski definition) is 1. The van der Waals surface area contributed by atoms with Gasteiger partial charge in [0.25, 0.3) is 11.7 Å². The number of hydrogen-bond acceptors (Lipinski definition) is 5. The molecule has 1 fully saturated rings. The van der Waals surface area contributed by atoms with Gasteiger partial charge in [-0.15, -0.1) is 0 Å². The van der Waals surface area contributed by atoms with E-state index in [1.807, 2.05) is 20.8 Å². The van der Waals surface area contributed by atoms with E-state index in [0.717, 1.165) is 11.6 Å². The Morgan fingerprint density at radius 3 is 2.49 bits per heavy atom. The number of rotatable bonds is 4. The fraction of sp³-hybridized carbons (Fsp3) is 0.222. The van der Waals surface area contributed by atoms with Crippen LogP contribution in [0.1, 0.15) is 43.5 Å². The van der Waals surface area contributed by atoms with Gasteiger partial charge in [0.2, 0.25) is 0 Å². The van der Waals surface area contributed by atoms with Gasteiger partial charge in [0.05, 0.1) is 23.7 Å². The van der Waals surface area contributed by atoms with E-state index in [2.05, 4.69) is 4.98 Å². The summed E-state index contributed by atoms with van der Waals surface area (Å²) in [4.78, 5) is 31.8. The number of aromatic nitrogens is 1. The lowest BCUT2D eigenvalue weighted by Crippen LogP contribution is -2.29. The second-order valence-electron chi connectivity index (χ2n) is 9.22. The molecule has 0 radical (unpaired) electrons. The summed E-state index contributed by atoms with van der Waals surface area (Å²) in [5.74, 6) is -2.09. The zero-order chi connectivity index (χ0) is 25.5. The normalized spacial score (nSPS) is 17.7. The molecule has 1 amide bonds. The van der Waals surface area contributed by atoms with Crippen molar-refractivity contribution in [1.29, 1.82) is 0 Å². The number of halogens is 2. The van der Waals surface area contributed by atoms with Crippen LogP contribution >= 0.6 is 11.6 Å². The summed E-state index contributed by atoms with van der Waals surface area (Å²) in [5.41, 5.74) is 1.48. The van der Waals surface area contributed by atoms with Crippen LogP contribution in [0.4, 0.5) is 10.1 Å². The predicted molar refractivity (Wildman–Crippen MR) is 132 cm³/mol. The van der Waals surface area contributed by atoms with E-state index >= 15 is 0 Å². The second kappa shape index (κ2) is 9.15. The smallest absolute Gasteiger partial charge is 0.300 e. The van der Waals surface area contributed by atoms with Crippen molar-refractivity contribution in [3.8, 4) is 5.75 Å². The molecule has 0 bridgehead atoms. The number of pyridine rings is 1. The molecule has 180 valence electrons. The number of methoxy groups -OCH3 is 1. The summed E-state index contributed by atoms with van der Waals surface area (Å²) in [6.45, 7) is 6.00. The first kappa shape index (κ1) is 24.4. The minimum Gasteiger partial charge on any atom is -0.507 e. The monoisotopic (exact) mass is 494 g/mol. The molecule has 8 heteroatoms. The maximum absolute atomic E-state index is 13.8. The molecule has 1 aromatic heterocycles. The Bertz CT molecular complexity index is 1350. The topological polar surface area (TPSA) is 79.7 Å². The van der Waals surface area contributed by atoms with Crippen molar-refractivity contribution >= 4 is 34.7 Å². The number of nitrogens with zero attached hydrogens (tertiary/aromatic N) is 2. The van der Waals surface area contributed by atoms with Gasteiger partial charge in [0.1, 0.15) is 17.3 Å². The Hall–Kier alpha value is -3.71. The second-order valence-corrected chi connectivity index (χ2v) is 9.63. The third kappa shape index (κ3) is 4.39. The molecule has 4 rings (SSSR count). The van der Waals surface area contributed by atoms with E-state index in [0.29, 0.717) is 16.9 Å². The van der Waals surface area contributed by atoms with Crippen LogP contribution in [0.2, 0.25) is 5.02 Å². The molecule has 35 heavy (non-hydrogen) atoms. The third-order valence-corrected chi connectivity index (χ3v) is 6.20. The van der Waals surface area contributed by atoms with Crippen LogP contribution in [0, 0.1) is 5.82 Å². The number of carbonyl (C=O) groups excluding carboxylic acids is 2. The lowest BCUT2D eigenvalue weighted by atomic mass is 9.84. The average Bonchev–Trinajstić information content (AvgIpc) is 3.10. The molecular weight excluding hydrogens is 471 g/mol. The summed E-state index contributed by atoms with van der Waals surface area (Å²) in [6, 6.07) is 11.2. The minimum atomic E-state index is -0.995. The van der Waals surface area contributed by atoms with Crippen molar-refractivity contribution in [2.45, 2.75) is 32.2 Å². The first-order chi connectivity index (χ1) is 16.5. The number of amides is 1. The molecule has 2 aromatic carbocycles. The fourth-order valence-electron chi connectivity index (χ4n) is 4.18. The maximum atomic E-state index is 13.8. The van der Waals surface area contributed by atoms with E-state index in [9.17, 15) is 19.1 Å². The van der Waals surface area contributed by atoms with Crippen molar-refractivity contribution in [3.63, 3.8) is 0 Å². The first-order valence-corrected chi connectivity index (χ1v) is 11.3. The summed E-state index contributed by atoms with van der Waals surface area (Å²) >= 11 is 5.97. The highest BCUT2D eigenvalue weighted by Gasteiger charge is 2.47. The van der Waals surface area contributed by atoms with Gasteiger partial charge in [-0.3, -0.25) is 19.5 Å². The molecule has 2 heterocycles. The number of ether oxygens (including phenoxy) is 1. The van der Waals surface area contributed by atoms with E-state index < -0.39 is 23.5 Å². The third-order valence-electron chi connectivity index (χ3n) is 5.91. The van der Waals surface area contributed by atoms with Gasteiger partial charge in [-0.05, 0) is 53.4 Å². The largest absolute Gasteiger partial charge is 0.507 e. The van der Waals surface area contributed by atoms with Gasteiger partial charge in [-0.1, -0.05) is 38.4 Å². The summed E-state index contributed by atoms with van der Waals surface area (Å²) in [6.07, 6.45) is 3.07. The van der Waals surface area contributed by atoms with Gasteiger partial charge in [-0.25, -0.2) is 4.39 Å². The Labute approximate surface area is 207 Å². The highest BCUT2D eigenvalue weighted by Crippen LogP contribution is 2.43. The van der Waals surface area contributed by atoms with Crippen LogP contribution < -0.4 is 9.64 Å². The fourth-order valence-corrected chi connectivity index (χ4v) is 4.36. The van der Waals surface area contributed by atoms with Gasteiger partial charge in [-0.2, -0.15) is 0 Å². The van der Waals surface area contributed by atoms with Crippen LogP contribution in [0.25, 0.3) is 5.76 Å². The van der Waals surface area contributed by atoms with Crippen LogP contribution in [0.5, 0.6) is 5.75 Å². The summed E-state index contributed by atoms with van der Waals surface area (Å²) < 4.78 is 19.3. The van der Waals surface area contributed by atoms with Crippen LogP contribution in [0.15, 0.2) is 66.5 Å². The Morgan fingerprint density at radius 2 is 1.89 bits per heavy atom. The molecule has 1 atom stereocenters. The van der Waals surface area contributed by atoms with Crippen LogP contribution in [-0.2, 0) is 15.0 Å². The number of ketones is 1. The highest BCUT2D eigenvalue weighted by molar-refractivity contribution is 6.51. The molecular formula is C27H24ClFN2O4. The van der Waals surface area contributed by atoms with Crippen molar-refractivity contribution < 1.29 is 23.8 Å². The van der Waals surface area contributed by atoms with Crippen molar-refractivity contribution in [2.24, 2.45) is 0 Å². The lowest BCUT2D eigenvalue weighted by Gasteiger charge is -2.26. The number of aliphatic hydroxyl groups is 1. The molecule has 1 aliphatic heterocycles. The van der Waals surface area contributed by atoms with Crippen LogP contribution in [-0.4, -0.2) is 28.9 Å². The molecule has 0 saturated carbocycles. The molecule has 3 aromatic rings. The van der Waals surface area contributed by atoms with Crippen LogP contribution in [0.3, 0.4) is 0 Å². The van der Waals surface area contributed by atoms with Crippen molar-refractivity contribution in [1.82, 2.24) is 4.98 Å². The van der Waals surface area contributed by atoms with Gasteiger partial charge in [0.15, 0.2) is 0 Å². The molecule has 0 aliphatic carbocycles. The Balaban J connectivity index is 1.95. The average molecular weight is 495 g/mol. The minimum absolute atomic E-state index is 0.103. The summed E-state index contributed by atoms with van der Waals surface area (Å²) in [5, 5.41) is 11.2. The van der Waals surface area contributed by atoms with E-state index in [1.54, 1.807) is 43.6 Å². The quantitative estimate of drug-likeness (QED) is 0.281. The zero-order valence-corrected chi connectivity index (χ0v) is 20.4. The number of carbonyl (C=O) groups is 2. The molecule has 1 unspecified atom stereocenters. The SMILES string of the molecule is COc1ccc(/C(O)=C2/C(=O)C(=O)N(c3ccc(F)c(Cl)c3)C2c2cccnc2)cc1C(C)(C)C. The number of anilines is 1. The number of Topliss-reactive ketones (excluding diaryl/α,β-unsaturated/α-hetero) is 1. The molecule has 1 aliphatic rings. The predicted octanol–water partition coefficient (Wildman–Crippen LogP) is 5.81. The maximum Gasteiger partial charge on any atom is 0.300 e. The zero-order valence-electron chi connectivity index (χ0n) is 19.7. The molecule has 1 saturated heterocycles. The molecule has 0 spiro atoms.